The fourth-order valence-electron chi connectivity index (χ4n) is 2.94. The van der Waals surface area contributed by atoms with E-state index in [1.165, 1.54) is 5.56 Å². The third kappa shape index (κ3) is 3.01. The molecule has 1 fully saturated rings. The van der Waals surface area contributed by atoms with Gasteiger partial charge in [-0.15, -0.1) is 5.10 Å². The van der Waals surface area contributed by atoms with Crippen molar-refractivity contribution in [2.45, 2.75) is 32.2 Å². The molecule has 1 aromatic heterocycles. The molecule has 0 radical (unpaired) electrons. The summed E-state index contributed by atoms with van der Waals surface area (Å²) in [6.45, 7) is 2.64. The topological polar surface area (TPSA) is 85.8 Å². The number of nitrogens with one attached hydrogen (secondary N) is 1. The molecule has 2 aromatic rings. The minimum absolute atomic E-state index is 0.155. The van der Waals surface area contributed by atoms with E-state index >= 15 is 0 Å². The Kier molecular flexibility index (Phi) is 4.20. The zero-order valence-corrected chi connectivity index (χ0v) is 12.7. The third-order valence-corrected chi connectivity index (χ3v) is 4.30. The lowest BCUT2D eigenvalue weighted by molar-refractivity contribution is 0.0923. The molecule has 1 aliphatic rings. The third-order valence-electron chi connectivity index (χ3n) is 4.30. The second-order valence-electron chi connectivity index (χ2n) is 5.89. The zero-order valence-electron chi connectivity index (χ0n) is 12.7. The smallest absolute Gasteiger partial charge is 0.273 e. The highest BCUT2D eigenvalue weighted by molar-refractivity contribution is 5.92. The summed E-state index contributed by atoms with van der Waals surface area (Å²) in [6, 6.07) is 8.06. The summed E-state index contributed by atoms with van der Waals surface area (Å²) in [7, 11) is 0. The average molecular weight is 299 g/mol. The van der Waals surface area contributed by atoms with Crippen molar-refractivity contribution < 1.29 is 4.79 Å². The quantitative estimate of drug-likeness (QED) is 0.894. The summed E-state index contributed by atoms with van der Waals surface area (Å²) in [5, 5.41) is 11.0. The maximum Gasteiger partial charge on any atom is 0.273 e. The Morgan fingerprint density at radius 3 is 2.86 bits per heavy atom. The SMILES string of the molecule is Cc1ccc(-n2cc(C(=O)NC3CCCC3CN)nn2)cc1. The highest BCUT2D eigenvalue weighted by Crippen LogP contribution is 2.24. The summed E-state index contributed by atoms with van der Waals surface area (Å²) in [5.74, 6) is 0.194. The summed E-state index contributed by atoms with van der Waals surface area (Å²) < 4.78 is 1.61. The van der Waals surface area contributed by atoms with Crippen LogP contribution in [0, 0.1) is 12.8 Å². The number of hydrogen-bond acceptors (Lipinski definition) is 4. The summed E-state index contributed by atoms with van der Waals surface area (Å²) in [5.41, 5.74) is 8.15. The minimum Gasteiger partial charge on any atom is -0.348 e. The molecule has 3 rings (SSSR count). The Balaban J connectivity index is 1.70. The lowest BCUT2D eigenvalue weighted by Gasteiger charge is -2.18. The van der Waals surface area contributed by atoms with Gasteiger partial charge in [-0.25, -0.2) is 4.68 Å². The fourth-order valence-corrected chi connectivity index (χ4v) is 2.94. The zero-order chi connectivity index (χ0) is 15.5. The van der Waals surface area contributed by atoms with Crippen LogP contribution >= 0.6 is 0 Å². The van der Waals surface area contributed by atoms with Crippen LogP contribution in [-0.2, 0) is 0 Å². The van der Waals surface area contributed by atoms with Gasteiger partial charge < -0.3 is 11.1 Å². The van der Waals surface area contributed by atoms with Crippen LogP contribution in [0.4, 0.5) is 0 Å². The van der Waals surface area contributed by atoms with Crippen LogP contribution in [0.5, 0.6) is 0 Å². The van der Waals surface area contributed by atoms with Crippen LogP contribution < -0.4 is 11.1 Å². The molecule has 1 aromatic carbocycles. The lowest BCUT2D eigenvalue weighted by Crippen LogP contribution is -2.40. The number of nitrogens with zero attached hydrogens (tertiary/aromatic N) is 3. The monoisotopic (exact) mass is 299 g/mol. The van der Waals surface area contributed by atoms with Crippen LogP contribution in [-0.4, -0.2) is 33.5 Å². The number of rotatable bonds is 4. The predicted molar refractivity (Wildman–Crippen MR) is 83.7 cm³/mol. The molecule has 116 valence electrons. The van der Waals surface area contributed by atoms with Crippen LogP contribution in [0.1, 0.15) is 35.3 Å². The lowest BCUT2D eigenvalue weighted by atomic mass is 10.0. The van der Waals surface area contributed by atoms with Gasteiger partial charge in [-0.05, 0) is 44.4 Å². The van der Waals surface area contributed by atoms with E-state index in [2.05, 4.69) is 15.6 Å². The van der Waals surface area contributed by atoms with Crippen LogP contribution in [0.25, 0.3) is 5.69 Å². The summed E-state index contributed by atoms with van der Waals surface area (Å²) in [6.07, 6.45) is 4.84. The number of aromatic nitrogens is 3. The van der Waals surface area contributed by atoms with Gasteiger partial charge in [0.2, 0.25) is 0 Å². The molecule has 6 nitrogen and oxygen atoms in total. The number of aryl methyl sites for hydroxylation is 1. The molecule has 2 unspecified atom stereocenters. The molecular formula is C16H21N5O. The van der Waals surface area contributed by atoms with E-state index in [1.807, 2.05) is 31.2 Å². The molecule has 0 aliphatic heterocycles. The Bertz CT molecular complexity index is 649. The largest absolute Gasteiger partial charge is 0.348 e. The summed E-state index contributed by atoms with van der Waals surface area (Å²) in [4.78, 5) is 12.3. The van der Waals surface area contributed by atoms with Crippen molar-refractivity contribution >= 4 is 5.91 Å². The van der Waals surface area contributed by atoms with E-state index in [0.29, 0.717) is 18.2 Å². The maximum atomic E-state index is 12.3. The van der Waals surface area contributed by atoms with Crippen molar-refractivity contribution in [2.24, 2.45) is 11.7 Å². The normalized spacial score (nSPS) is 21.0. The van der Waals surface area contributed by atoms with Crippen molar-refractivity contribution in [1.82, 2.24) is 20.3 Å². The first-order valence-corrected chi connectivity index (χ1v) is 7.67. The molecule has 1 heterocycles. The summed E-state index contributed by atoms with van der Waals surface area (Å²) >= 11 is 0. The Morgan fingerprint density at radius 2 is 2.14 bits per heavy atom. The molecule has 1 saturated carbocycles. The number of carbonyl (C=O) groups excluding carboxylic acids is 1. The Morgan fingerprint density at radius 1 is 1.36 bits per heavy atom. The molecule has 1 amide bonds. The van der Waals surface area contributed by atoms with Gasteiger partial charge in [-0.1, -0.05) is 29.3 Å². The van der Waals surface area contributed by atoms with Crippen molar-refractivity contribution in [3.63, 3.8) is 0 Å². The van der Waals surface area contributed by atoms with Gasteiger partial charge in [0.05, 0.1) is 11.9 Å². The first-order chi connectivity index (χ1) is 10.7. The second-order valence-corrected chi connectivity index (χ2v) is 5.89. The van der Waals surface area contributed by atoms with E-state index in [4.69, 9.17) is 5.73 Å². The van der Waals surface area contributed by atoms with Gasteiger partial charge in [-0.3, -0.25) is 4.79 Å². The van der Waals surface area contributed by atoms with Crippen LogP contribution in [0.3, 0.4) is 0 Å². The van der Waals surface area contributed by atoms with E-state index < -0.39 is 0 Å². The molecule has 2 atom stereocenters. The highest BCUT2D eigenvalue weighted by Gasteiger charge is 2.28. The number of nitrogens with two attached hydrogens (primary N) is 1. The molecule has 3 N–H and O–H groups in total. The van der Waals surface area contributed by atoms with Gasteiger partial charge in [-0.2, -0.15) is 0 Å². The first kappa shape index (κ1) is 14.7. The Hall–Kier alpha value is -2.21. The molecule has 6 heteroatoms. The van der Waals surface area contributed by atoms with E-state index in [1.54, 1.807) is 10.9 Å². The number of hydrogen-bond donors (Lipinski definition) is 2. The maximum absolute atomic E-state index is 12.3. The van der Waals surface area contributed by atoms with Crippen molar-refractivity contribution in [3.8, 4) is 5.69 Å². The van der Waals surface area contributed by atoms with E-state index in [0.717, 1.165) is 24.9 Å². The van der Waals surface area contributed by atoms with Gasteiger partial charge in [0.1, 0.15) is 0 Å². The second kappa shape index (κ2) is 6.27. The van der Waals surface area contributed by atoms with E-state index in [9.17, 15) is 4.79 Å². The van der Waals surface area contributed by atoms with Gasteiger partial charge in [0.25, 0.3) is 5.91 Å². The van der Waals surface area contributed by atoms with Gasteiger partial charge in [0.15, 0.2) is 5.69 Å². The molecule has 0 saturated heterocycles. The van der Waals surface area contributed by atoms with E-state index in [-0.39, 0.29) is 11.9 Å². The predicted octanol–water partition coefficient (Wildman–Crippen LogP) is 1.43. The van der Waals surface area contributed by atoms with Crippen molar-refractivity contribution in [1.29, 1.82) is 0 Å². The Labute approximate surface area is 129 Å². The number of carbonyl (C=O) groups is 1. The molecule has 1 aliphatic carbocycles. The van der Waals surface area contributed by atoms with Crippen molar-refractivity contribution in [3.05, 3.63) is 41.7 Å². The number of amides is 1. The van der Waals surface area contributed by atoms with Crippen molar-refractivity contribution in [2.75, 3.05) is 6.54 Å². The average Bonchev–Trinajstić information content (AvgIpc) is 3.16. The molecular weight excluding hydrogens is 278 g/mol. The molecule has 0 spiro atoms. The van der Waals surface area contributed by atoms with Crippen LogP contribution in [0.15, 0.2) is 30.5 Å². The van der Waals surface area contributed by atoms with Gasteiger partial charge >= 0.3 is 0 Å². The fraction of sp³-hybridized carbons (Fsp3) is 0.438. The highest BCUT2D eigenvalue weighted by atomic mass is 16.2. The van der Waals surface area contributed by atoms with Gasteiger partial charge in [0, 0.05) is 6.04 Å². The minimum atomic E-state index is -0.177. The molecule has 22 heavy (non-hydrogen) atoms. The molecule has 0 bridgehead atoms. The first-order valence-electron chi connectivity index (χ1n) is 7.67. The standard InChI is InChI=1S/C16H21N5O/c1-11-5-7-13(8-6-11)21-10-15(19-20-21)16(22)18-14-4-2-3-12(14)9-17/h5-8,10,12,14H,2-4,9,17H2,1H3,(H,18,22). The number of benzene rings is 1. The van der Waals surface area contributed by atoms with Crippen LogP contribution in [0.2, 0.25) is 0 Å².